The molecule has 0 aliphatic heterocycles. The first kappa shape index (κ1) is 11.6. The standard InChI is InChI=1S/C13H16N2O2/c1-9-5-4-8-11(12(9)16)13(17)15-14-10-6-2-3-7-10/h4-5,8,16H,2-3,6-7H2,1H3,(H,15,17). The first-order valence-electron chi connectivity index (χ1n) is 5.83. The normalized spacial score (nSPS) is 14.8. The second-order valence-corrected chi connectivity index (χ2v) is 4.30. The molecular weight excluding hydrogens is 216 g/mol. The summed E-state index contributed by atoms with van der Waals surface area (Å²) in [5, 5.41) is 13.8. The molecular formula is C13H16N2O2. The highest BCUT2D eigenvalue weighted by molar-refractivity contribution is 5.98. The van der Waals surface area contributed by atoms with Gasteiger partial charge in [0.25, 0.3) is 5.91 Å². The van der Waals surface area contributed by atoms with Crippen molar-refractivity contribution in [2.24, 2.45) is 5.10 Å². The lowest BCUT2D eigenvalue weighted by molar-refractivity contribution is 0.0952. The molecule has 17 heavy (non-hydrogen) atoms. The molecule has 0 unspecified atom stereocenters. The molecule has 0 saturated heterocycles. The van der Waals surface area contributed by atoms with E-state index in [0.29, 0.717) is 5.56 Å². The lowest BCUT2D eigenvalue weighted by Crippen LogP contribution is -2.19. The topological polar surface area (TPSA) is 61.7 Å². The number of carbonyl (C=O) groups excluding carboxylic acids is 1. The predicted molar refractivity (Wildman–Crippen MR) is 66.2 cm³/mol. The molecule has 1 saturated carbocycles. The maximum Gasteiger partial charge on any atom is 0.275 e. The van der Waals surface area contributed by atoms with E-state index >= 15 is 0 Å². The summed E-state index contributed by atoms with van der Waals surface area (Å²) < 4.78 is 0. The highest BCUT2D eigenvalue weighted by atomic mass is 16.3. The molecule has 1 amide bonds. The van der Waals surface area contributed by atoms with Gasteiger partial charge in [0.1, 0.15) is 5.75 Å². The van der Waals surface area contributed by atoms with Gasteiger partial charge in [-0.15, -0.1) is 0 Å². The minimum absolute atomic E-state index is 0.0246. The SMILES string of the molecule is Cc1cccc(C(=O)NN=C2CCCC2)c1O. The molecule has 90 valence electrons. The number of rotatable bonds is 2. The summed E-state index contributed by atoms with van der Waals surface area (Å²) in [5.74, 6) is -0.331. The Morgan fingerprint density at radius 2 is 2.06 bits per heavy atom. The molecule has 0 radical (unpaired) electrons. The molecule has 2 rings (SSSR count). The monoisotopic (exact) mass is 232 g/mol. The molecule has 2 N–H and O–H groups in total. The summed E-state index contributed by atoms with van der Waals surface area (Å²) >= 11 is 0. The van der Waals surface area contributed by atoms with Crippen LogP contribution in [0, 0.1) is 6.92 Å². The number of hydrazone groups is 1. The van der Waals surface area contributed by atoms with Crippen LogP contribution in [0.25, 0.3) is 0 Å². The highest BCUT2D eigenvalue weighted by Crippen LogP contribution is 2.21. The molecule has 0 spiro atoms. The smallest absolute Gasteiger partial charge is 0.275 e. The van der Waals surface area contributed by atoms with Crippen LogP contribution in [-0.2, 0) is 0 Å². The van der Waals surface area contributed by atoms with E-state index in [2.05, 4.69) is 10.5 Å². The third-order valence-corrected chi connectivity index (χ3v) is 2.98. The van der Waals surface area contributed by atoms with Crippen molar-refractivity contribution in [2.45, 2.75) is 32.6 Å². The lowest BCUT2D eigenvalue weighted by atomic mass is 10.1. The fourth-order valence-electron chi connectivity index (χ4n) is 1.93. The van der Waals surface area contributed by atoms with Gasteiger partial charge in [-0.3, -0.25) is 4.79 Å². The summed E-state index contributed by atoms with van der Waals surface area (Å²) in [4.78, 5) is 11.8. The second-order valence-electron chi connectivity index (χ2n) is 4.30. The Morgan fingerprint density at radius 3 is 2.76 bits per heavy atom. The zero-order valence-electron chi connectivity index (χ0n) is 9.86. The van der Waals surface area contributed by atoms with E-state index in [1.807, 2.05) is 0 Å². The van der Waals surface area contributed by atoms with Crippen molar-refractivity contribution in [1.82, 2.24) is 5.43 Å². The summed E-state index contributed by atoms with van der Waals surface area (Å²) in [7, 11) is 0. The van der Waals surface area contributed by atoms with Gasteiger partial charge >= 0.3 is 0 Å². The van der Waals surface area contributed by atoms with Crippen molar-refractivity contribution < 1.29 is 9.90 Å². The molecule has 0 atom stereocenters. The lowest BCUT2D eigenvalue weighted by Gasteiger charge is -2.05. The van der Waals surface area contributed by atoms with Crippen molar-refractivity contribution >= 4 is 11.6 Å². The maximum atomic E-state index is 11.8. The number of nitrogens with zero attached hydrogens (tertiary/aromatic N) is 1. The van der Waals surface area contributed by atoms with E-state index in [1.54, 1.807) is 25.1 Å². The number of para-hydroxylation sites is 1. The summed E-state index contributed by atoms with van der Waals surface area (Å²) in [6, 6.07) is 5.09. The quantitative estimate of drug-likeness (QED) is 0.769. The fourth-order valence-corrected chi connectivity index (χ4v) is 1.93. The minimum Gasteiger partial charge on any atom is -0.507 e. The van der Waals surface area contributed by atoms with Gasteiger partial charge in [-0.2, -0.15) is 5.10 Å². The van der Waals surface area contributed by atoms with E-state index in [-0.39, 0.29) is 17.2 Å². The molecule has 4 heteroatoms. The molecule has 0 aromatic heterocycles. The summed E-state index contributed by atoms with van der Waals surface area (Å²) in [5.41, 5.74) is 4.49. The van der Waals surface area contributed by atoms with Crippen LogP contribution in [0.4, 0.5) is 0 Å². The van der Waals surface area contributed by atoms with Crippen LogP contribution in [0.5, 0.6) is 5.75 Å². The average Bonchev–Trinajstić information content (AvgIpc) is 2.82. The molecule has 0 heterocycles. The van der Waals surface area contributed by atoms with Crippen LogP contribution in [0.15, 0.2) is 23.3 Å². The Balaban J connectivity index is 2.09. The minimum atomic E-state index is -0.356. The van der Waals surface area contributed by atoms with Gasteiger partial charge in [-0.1, -0.05) is 12.1 Å². The third-order valence-electron chi connectivity index (χ3n) is 2.98. The zero-order valence-corrected chi connectivity index (χ0v) is 9.86. The number of phenols is 1. The Bertz CT molecular complexity index is 458. The number of amides is 1. The Labute approximate surface area is 100 Å². The number of aromatic hydroxyl groups is 1. The zero-order chi connectivity index (χ0) is 12.3. The molecule has 1 aliphatic rings. The van der Waals surface area contributed by atoms with E-state index in [1.165, 1.54) is 0 Å². The van der Waals surface area contributed by atoms with Crippen LogP contribution in [0.1, 0.15) is 41.6 Å². The Hall–Kier alpha value is -1.84. The third kappa shape index (κ3) is 2.64. The summed E-state index contributed by atoms with van der Waals surface area (Å²) in [6.45, 7) is 1.76. The van der Waals surface area contributed by atoms with E-state index in [0.717, 1.165) is 31.4 Å². The number of hydrogen-bond acceptors (Lipinski definition) is 3. The number of phenolic OH excluding ortho intramolecular Hbond substituents is 1. The van der Waals surface area contributed by atoms with Gasteiger partial charge in [0, 0.05) is 5.71 Å². The summed E-state index contributed by atoms with van der Waals surface area (Å²) in [6.07, 6.45) is 4.20. The van der Waals surface area contributed by atoms with Gasteiger partial charge in [0.2, 0.25) is 0 Å². The van der Waals surface area contributed by atoms with Crippen molar-refractivity contribution in [3.63, 3.8) is 0 Å². The van der Waals surface area contributed by atoms with Gasteiger partial charge < -0.3 is 5.11 Å². The van der Waals surface area contributed by atoms with Gasteiger partial charge in [0.15, 0.2) is 0 Å². The van der Waals surface area contributed by atoms with Crippen LogP contribution in [-0.4, -0.2) is 16.7 Å². The van der Waals surface area contributed by atoms with Crippen LogP contribution in [0.2, 0.25) is 0 Å². The number of nitrogens with one attached hydrogen (secondary N) is 1. The van der Waals surface area contributed by atoms with Crippen molar-refractivity contribution in [2.75, 3.05) is 0 Å². The predicted octanol–water partition coefficient (Wildman–Crippen LogP) is 2.36. The highest BCUT2D eigenvalue weighted by Gasteiger charge is 2.13. The van der Waals surface area contributed by atoms with E-state index in [4.69, 9.17) is 0 Å². The molecule has 1 aliphatic carbocycles. The Kier molecular flexibility index (Phi) is 3.42. The molecule has 1 aromatic carbocycles. The van der Waals surface area contributed by atoms with Crippen LogP contribution < -0.4 is 5.43 Å². The molecule has 4 nitrogen and oxygen atoms in total. The fraction of sp³-hybridized carbons (Fsp3) is 0.385. The van der Waals surface area contributed by atoms with E-state index in [9.17, 15) is 9.90 Å². The first-order chi connectivity index (χ1) is 8.18. The largest absolute Gasteiger partial charge is 0.507 e. The average molecular weight is 232 g/mol. The second kappa shape index (κ2) is 4.99. The number of benzene rings is 1. The van der Waals surface area contributed by atoms with Gasteiger partial charge in [-0.25, -0.2) is 5.43 Å². The van der Waals surface area contributed by atoms with Crippen molar-refractivity contribution in [3.8, 4) is 5.75 Å². The molecule has 1 aromatic rings. The van der Waals surface area contributed by atoms with Gasteiger partial charge in [-0.05, 0) is 44.2 Å². The molecule has 1 fully saturated rings. The van der Waals surface area contributed by atoms with Crippen LogP contribution >= 0.6 is 0 Å². The number of hydrogen-bond donors (Lipinski definition) is 2. The Morgan fingerprint density at radius 1 is 1.35 bits per heavy atom. The number of carbonyl (C=O) groups is 1. The van der Waals surface area contributed by atoms with Gasteiger partial charge in [0.05, 0.1) is 5.56 Å². The number of aryl methyl sites for hydroxylation is 1. The first-order valence-corrected chi connectivity index (χ1v) is 5.83. The molecule has 0 bridgehead atoms. The van der Waals surface area contributed by atoms with Crippen molar-refractivity contribution in [3.05, 3.63) is 29.3 Å². The van der Waals surface area contributed by atoms with Crippen LogP contribution in [0.3, 0.4) is 0 Å². The maximum absolute atomic E-state index is 11.8. The van der Waals surface area contributed by atoms with Crippen molar-refractivity contribution in [1.29, 1.82) is 0 Å². The van der Waals surface area contributed by atoms with E-state index < -0.39 is 0 Å².